The van der Waals surface area contributed by atoms with Gasteiger partial charge < -0.3 is 9.84 Å². The molecule has 0 saturated carbocycles. The number of methoxy groups -OCH3 is 1. The summed E-state index contributed by atoms with van der Waals surface area (Å²) in [4.78, 5) is 0. The minimum atomic E-state index is -0.745. The lowest BCUT2D eigenvalue weighted by Crippen LogP contribution is -2.08. The van der Waals surface area contributed by atoms with Crippen LogP contribution in [0.2, 0.25) is 0 Å². The largest absolute Gasteiger partial charge is 0.496 e. The van der Waals surface area contributed by atoms with Crippen molar-refractivity contribution in [1.29, 1.82) is 0 Å². The fraction of sp³-hybridized carbons (Fsp3) is 0.294. The molecule has 0 aliphatic heterocycles. The molecule has 0 amide bonds. The lowest BCUT2D eigenvalue weighted by Gasteiger charge is -2.22. The van der Waals surface area contributed by atoms with Crippen molar-refractivity contribution in [2.75, 3.05) is 7.11 Å². The van der Waals surface area contributed by atoms with Gasteiger partial charge in [-0.3, -0.25) is 0 Å². The molecular weight excluding hydrogens is 396 g/mol. The van der Waals surface area contributed by atoms with E-state index in [1.165, 1.54) is 0 Å². The maximum Gasteiger partial charge on any atom is 0.128 e. The molecule has 1 unspecified atom stereocenters. The average molecular weight is 414 g/mol. The van der Waals surface area contributed by atoms with E-state index in [9.17, 15) is 5.11 Å². The summed E-state index contributed by atoms with van der Waals surface area (Å²) in [7, 11) is 1.64. The molecule has 1 atom stereocenters. The van der Waals surface area contributed by atoms with Gasteiger partial charge in [0.1, 0.15) is 11.9 Å². The van der Waals surface area contributed by atoms with Crippen LogP contribution in [0.15, 0.2) is 33.2 Å². The summed E-state index contributed by atoms with van der Waals surface area (Å²) in [6.07, 6.45) is -0.745. The van der Waals surface area contributed by atoms with Crippen LogP contribution in [0.25, 0.3) is 0 Å². The number of hydrogen-bond acceptors (Lipinski definition) is 2. The zero-order chi connectivity index (χ0) is 15.7. The van der Waals surface area contributed by atoms with Gasteiger partial charge in [0.05, 0.1) is 7.11 Å². The first kappa shape index (κ1) is 16.5. The van der Waals surface area contributed by atoms with Crippen LogP contribution < -0.4 is 4.74 Å². The Morgan fingerprint density at radius 3 is 2.38 bits per heavy atom. The maximum absolute atomic E-state index is 10.9. The van der Waals surface area contributed by atoms with Crippen molar-refractivity contribution in [1.82, 2.24) is 0 Å². The molecule has 0 aromatic heterocycles. The lowest BCUT2D eigenvalue weighted by molar-refractivity contribution is 0.212. The fourth-order valence-electron chi connectivity index (χ4n) is 2.51. The normalized spacial score (nSPS) is 12.3. The van der Waals surface area contributed by atoms with Gasteiger partial charge >= 0.3 is 0 Å². The Morgan fingerprint density at radius 2 is 1.76 bits per heavy atom. The zero-order valence-electron chi connectivity index (χ0n) is 12.5. The summed E-state index contributed by atoms with van der Waals surface area (Å²) in [6.45, 7) is 5.97. The van der Waals surface area contributed by atoms with E-state index in [0.717, 1.165) is 42.5 Å². The van der Waals surface area contributed by atoms with E-state index >= 15 is 0 Å². The van der Waals surface area contributed by atoms with Crippen LogP contribution in [-0.2, 0) is 0 Å². The molecule has 0 bridgehead atoms. The second-order valence-corrected chi connectivity index (χ2v) is 6.78. The first-order chi connectivity index (χ1) is 9.88. The highest BCUT2D eigenvalue weighted by Gasteiger charge is 2.23. The van der Waals surface area contributed by atoms with E-state index in [1.54, 1.807) is 7.11 Å². The fourth-order valence-corrected chi connectivity index (χ4v) is 3.55. The van der Waals surface area contributed by atoms with Crippen LogP contribution >= 0.6 is 31.9 Å². The van der Waals surface area contributed by atoms with Crippen molar-refractivity contribution in [2.45, 2.75) is 26.9 Å². The number of benzene rings is 2. The van der Waals surface area contributed by atoms with Crippen LogP contribution in [-0.4, -0.2) is 12.2 Å². The molecule has 0 spiro atoms. The summed E-state index contributed by atoms with van der Waals surface area (Å²) in [5, 5.41) is 10.9. The highest BCUT2D eigenvalue weighted by atomic mass is 79.9. The van der Waals surface area contributed by atoms with Gasteiger partial charge in [-0.15, -0.1) is 0 Å². The average Bonchev–Trinajstić information content (AvgIpc) is 2.44. The second-order valence-electron chi connectivity index (χ2n) is 5.13. The third-order valence-corrected chi connectivity index (χ3v) is 5.61. The summed E-state index contributed by atoms with van der Waals surface area (Å²) < 4.78 is 7.43. The highest BCUT2D eigenvalue weighted by Crippen LogP contribution is 2.40. The lowest BCUT2D eigenvalue weighted by atomic mass is 9.93. The molecule has 2 rings (SSSR count). The van der Waals surface area contributed by atoms with Crippen molar-refractivity contribution >= 4 is 31.9 Å². The number of aryl methyl sites for hydroxylation is 2. The summed E-state index contributed by atoms with van der Waals surface area (Å²) in [5.74, 6) is 0.733. The third-order valence-electron chi connectivity index (χ3n) is 3.70. The number of halogens is 2. The Kier molecular flexibility index (Phi) is 5.12. The molecule has 0 saturated heterocycles. The van der Waals surface area contributed by atoms with E-state index in [2.05, 4.69) is 31.9 Å². The van der Waals surface area contributed by atoms with E-state index in [4.69, 9.17) is 4.74 Å². The smallest absolute Gasteiger partial charge is 0.128 e. The predicted octanol–water partition coefficient (Wildman–Crippen LogP) is 5.23. The molecule has 2 aromatic rings. The summed E-state index contributed by atoms with van der Waals surface area (Å²) in [5.41, 5.74) is 4.71. The Balaban J connectivity index is 2.68. The monoisotopic (exact) mass is 412 g/mol. The standard InChI is InChI=1S/C17H18Br2O2/c1-9-6-5-7-12(15(9)19)16(20)14-11(3)13(18)8-10(2)17(14)21-4/h5-8,16,20H,1-4H3. The second kappa shape index (κ2) is 6.51. The van der Waals surface area contributed by atoms with Crippen molar-refractivity contribution in [2.24, 2.45) is 0 Å². The Hall–Kier alpha value is -0.840. The first-order valence-electron chi connectivity index (χ1n) is 6.65. The van der Waals surface area contributed by atoms with Crippen LogP contribution in [0.3, 0.4) is 0 Å². The van der Waals surface area contributed by atoms with Gasteiger partial charge in [-0.2, -0.15) is 0 Å². The van der Waals surface area contributed by atoms with E-state index < -0.39 is 6.10 Å². The van der Waals surface area contributed by atoms with E-state index in [1.807, 2.05) is 45.0 Å². The van der Waals surface area contributed by atoms with Crippen LogP contribution in [0, 0.1) is 20.8 Å². The van der Waals surface area contributed by atoms with E-state index in [-0.39, 0.29) is 0 Å². The Morgan fingerprint density at radius 1 is 1.10 bits per heavy atom. The maximum atomic E-state index is 10.9. The van der Waals surface area contributed by atoms with Crippen LogP contribution in [0.1, 0.15) is 33.9 Å². The number of aliphatic hydroxyl groups is 1. The van der Waals surface area contributed by atoms with Crippen molar-refractivity contribution in [3.05, 3.63) is 61.0 Å². The molecule has 4 heteroatoms. The van der Waals surface area contributed by atoms with Gasteiger partial charge in [0.25, 0.3) is 0 Å². The SMILES string of the molecule is COc1c(C)cc(Br)c(C)c1C(O)c1cccc(C)c1Br. The minimum Gasteiger partial charge on any atom is -0.496 e. The van der Waals surface area contributed by atoms with Gasteiger partial charge in [-0.05, 0) is 49.1 Å². The molecule has 21 heavy (non-hydrogen) atoms. The molecule has 0 aliphatic rings. The van der Waals surface area contributed by atoms with E-state index in [0.29, 0.717) is 0 Å². The van der Waals surface area contributed by atoms with Gasteiger partial charge in [0.2, 0.25) is 0 Å². The predicted molar refractivity (Wildman–Crippen MR) is 93.1 cm³/mol. The van der Waals surface area contributed by atoms with Crippen molar-refractivity contribution in [3.63, 3.8) is 0 Å². The van der Waals surface area contributed by atoms with Gasteiger partial charge in [-0.1, -0.05) is 50.1 Å². The Labute approximate surface area is 142 Å². The Bertz CT molecular complexity index is 681. The molecule has 0 heterocycles. The highest BCUT2D eigenvalue weighted by molar-refractivity contribution is 9.10. The molecule has 2 nitrogen and oxygen atoms in total. The van der Waals surface area contributed by atoms with Gasteiger partial charge in [0.15, 0.2) is 0 Å². The van der Waals surface area contributed by atoms with Crippen molar-refractivity contribution in [3.8, 4) is 5.75 Å². The number of aliphatic hydroxyl groups excluding tert-OH is 1. The molecule has 0 aliphatic carbocycles. The zero-order valence-corrected chi connectivity index (χ0v) is 15.7. The summed E-state index contributed by atoms with van der Waals surface area (Å²) >= 11 is 7.13. The molecule has 2 aromatic carbocycles. The topological polar surface area (TPSA) is 29.5 Å². The molecule has 0 radical (unpaired) electrons. The van der Waals surface area contributed by atoms with Gasteiger partial charge in [-0.25, -0.2) is 0 Å². The molecule has 0 fully saturated rings. The summed E-state index contributed by atoms with van der Waals surface area (Å²) in [6, 6.07) is 7.90. The van der Waals surface area contributed by atoms with Crippen LogP contribution in [0.4, 0.5) is 0 Å². The van der Waals surface area contributed by atoms with Crippen LogP contribution in [0.5, 0.6) is 5.75 Å². The van der Waals surface area contributed by atoms with Gasteiger partial charge in [0, 0.05) is 14.5 Å². The number of hydrogen-bond donors (Lipinski definition) is 1. The first-order valence-corrected chi connectivity index (χ1v) is 8.23. The molecular formula is C17H18Br2O2. The molecule has 112 valence electrons. The number of ether oxygens (including phenoxy) is 1. The number of rotatable bonds is 3. The third kappa shape index (κ3) is 3.03. The minimum absolute atomic E-state index is 0.733. The van der Waals surface area contributed by atoms with Crippen molar-refractivity contribution < 1.29 is 9.84 Å². The molecule has 1 N–H and O–H groups in total. The quantitative estimate of drug-likeness (QED) is 0.746.